The summed E-state index contributed by atoms with van der Waals surface area (Å²) in [6.45, 7) is 4.72. The summed E-state index contributed by atoms with van der Waals surface area (Å²) in [5, 5.41) is 8.22. The number of hydrogen-bond acceptors (Lipinski definition) is 7. The third-order valence-electron chi connectivity index (χ3n) is 6.70. The third-order valence-corrected chi connectivity index (χ3v) is 6.70. The molecule has 1 N–H and O–H groups in total. The van der Waals surface area contributed by atoms with Crippen LogP contribution in [-0.4, -0.2) is 79.7 Å². The molecular formula is C23H26N8. The molecule has 1 saturated heterocycles. The van der Waals surface area contributed by atoms with Crippen LogP contribution >= 0.6 is 0 Å². The van der Waals surface area contributed by atoms with Gasteiger partial charge < -0.3 is 10.2 Å². The Morgan fingerprint density at radius 1 is 0.935 bits per heavy atom. The first kappa shape index (κ1) is 18.7. The molecule has 31 heavy (non-hydrogen) atoms. The van der Waals surface area contributed by atoms with Crippen LogP contribution in [-0.2, 0) is 0 Å². The zero-order valence-corrected chi connectivity index (χ0v) is 17.6. The first-order valence-electron chi connectivity index (χ1n) is 11.0. The Morgan fingerprint density at radius 2 is 1.74 bits per heavy atom. The number of anilines is 1. The fourth-order valence-electron chi connectivity index (χ4n) is 4.71. The van der Waals surface area contributed by atoms with Gasteiger partial charge in [0.1, 0.15) is 0 Å². The minimum atomic E-state index is 0.455. The van der Waals surface area contributed by atoms with Crippen molar-refractivity contribution in [2.45, 2.75) is 24.9 Å². The standard InChI is InChI=1S/C23H26N8/c1-29-8-10-30(11-9-29)18-13-17(14-18)27-23-26-15-22-19(4-7-31(22)28-23)16-2-3-20-21(12-16)25-6-5-24-20/h2-7,12,15,17-18H,8-11,13-14H2,1H3,(H,27,28)/t17-,18+. The van der Waals surface area contributed by atoms with Crippen molar-refractivity contribution in [1.29, 1.82) is 0 Å². The number of nitrogens with zero attached hydrogens (tertiary/aromatic N) is 7. The molecule has 1 aromatic carbocycles. The van der Waals surface area contributed by atoms with E-state index in [9.17, 15) is 0 Å². The molecule has 0 bridgehead atoms. The molecule has 0 unspecified atom stereocenters. The fraction of sp³-hybridized carbons (Fsp3) is 0.391. The van der Waals surface area contributed by atoms with Crippen LogP contribution in [0.5, 0.6) is 0 Å². The van der Waals surface area contributed by atoms with Crippen LogP contribution in [0, 0.1) is 0 Å². The lowest BCUT2D eigenvalue weighted by molar-refractivity contribution is 0.0656. The number of rotatable bonds is 4. The van der Waals surface area contributed by atoms with Gasteiger partial charge in [0.2, 0.25) is 5.95 Å². The Bertz CT molecular complexity index is 1220. The molecule has 8 heteroatoms. The maximum atomic E-state index is 4.70. The van der Waals surface area contributed by atoms with Crippen molar-refractivity contribution in [3.05, 3.63) is 49.1 Å². The lowest BCUT2D eigenvalue weighted by Crippen LogP contribution is -2.55. The topological polar surface area (TPSA) is 74.5 Å². The largest absolute Gasteiger partial charge is 0.350 e. The van der Waals surface area contributed by atoms with E-state index in [0.29, 0.717) is 18.0 Å². The zero-order chi connectivity index (χ0) is 20.8. The fourth-order valence-corrected chi connectivity index (χ4v) is 4.71. The number of piperazine rings is 1. The highest BCUT2D eigenvalue weighted by Crippen LogP contribution is 2.30. The molecule has 2 fully saturated rings. The maximum Gasteiger partial charge on any atom is 0.241 e. The summed E-state index contributed by atoms with van der Waals surface area (Å²) in [5.41, 5.74) is 4.95. The summed E-state index contributed by atoms with van der Waals surface area (Å²) >= 11 is 0. The molecule has 0 amide bonds. The predicted octanol–water partition coefficient (Wildman–Crippen LogP) is 2.53. The number of hydrogen-bond donors (Lipinski definition) is 1. The van der Waals surface area contributed by atoms with Crippen LogP contribution < -0.4 is 5.32 Å². The molecular weight excluding hydrogens is 388 g/mol. The monoisotopic (exact) mass is 414 g/mol. The van der Waals surface area contributed by atoms with Crippen LogP contribution in [0.25, 0.3) is 27.7 Å². The lowest BCUT2D eigenvalue weighted by atomic mass is 9.85. The number of likely N-dealkylation sites (N-methyl/N-ethyl adjacent to an activating group) is 1. The van der Waals surface area contributed by atoms with Crippen molar-refractivity contribution in [2.24, 2.45) is 0 Å². The molecule has 0 atom stereocenters. The second-order valence-electron chi connectivity index (χ2n) is 8.71. The highest BCUT2D eigenvalue weighted by atomic mass is 15.3. The molecule has 0 radical (unpaired) electrons. The Kier molecular flexibility index (Phi) is 4.54. The number of nitrogens with one attached hydrogen (secondary N) is 1. The van der Waals surface area contributed by atoms with E-state index in [1.807, 2.05) is 23.0 Å². The summed E-state index contributed by atoms with van der Waals surface area (Å²) in [5.74, 6) is 0.695. The van der Waals surface area contributed by atoms with Crippen LogP contribution in [0.2, 0.25) is 0 Å². The maximum absolute atomic E-state index is 4.70. The molecule has 8 nitrogen and oxygen atoms in total. The summed E-state index contributed by atoms with van der Waals surface area (Å²) in [6, 6.07) is 9.38. The number of benzene rings is 1. The highest BCUT2D eigenvalue weighted by molar-refractivity contribution is 5.86. The molecule has 4 aromatic rings. The van der Waals surface area contributed by atoms with E-state index < -0.39 is 0 Å². The van der Waals surface area contributed by atoms with Gasteiger partial charge in [-0.15, -0.1) is 5.10 Å². The first-order valence-corrected chi connectivity index (χ1v) is 11.0. The molecule has 1 aliphatic heterocycles. The smallest absolute Gasteiger partial charge is 0.241 e. The van der Waals surface area contributed by atoms with E-state index in [1.54, 1.807) is 12.4 Å². The van der Waals surface area contributed by atoms with Gasteiger partial charge in [-0.25, -0.2) is 9.50 Å². The second kappa shape index (κ2) is 7.55. The van der Waals surface area contributed by atoms with Crippen molar-refractivity contribution in [3.8, 4) is 11.1 Å². The predicted molar refractivity (Wildman–Crippen MR) is 121 cm³/mol. The molecule has 2 aliphatic rings. The molecule has 6 rings (SSSR count). The minimum Gasteiger partial charge on any atom is -0.350 e. The second-order valence-corrected chi connectivity index (χ2v) is 8.71. The molecule has 0 spiro atoms. The molecule has 1 aliphatic carbocycles. The van der Waals surface area contributed by atoms with Crippen molar-refractivity contribution in [1.82, 2.24) is 34.4 Å². The van der Waals surface area contributed by atoms with E-state index in [0.717, 1.165) is 27.7 Å². The minimum absolute atomic E-state index is 0.455. The summed E-state index contributed by atoms with van der Waals surface area (Å²) in [6.07, 6.45) is 9.67. The first-order chi connectivity index (χ1) is 15.2. The van der Waals surface area contributed by atoms with Gasteiger partial charge in [0.05, 0.1) is 22.7 Å². The van der Waals surface area contributed by atoms with Crippen molar-refractivity contribution < 1.29 is 0 Å². The third kappa shape index (κ3) is 3.51. The van der Waals surface area contributed by atoms with Crippen molar-refractivity contribution >= 4 is 22.5 Å². The number of fused-ring (bicyclic) bond motifs is 2. The van der Waals surface area contributed by atoms with Crippen LogP contribution in [0.1, 0.15) is 12.8 Å². The Morgan fingerprint density at radius 3 is 2.58 bits per heavy atom. The molecule has 158 valence electrons. The SMILES string of the molecule is CN1CCN([C@H]2C[C@@H](Nc3ncc4c(-c5ccc6nccnc6c5)ccn4n3)C2)CC1. The Hall–Kier alpha value is -3.10. The van der Waals surface area contributed by atoms with Gasteiger partial charge in [-0.1, -0.05) is 6.07 Å². The summed E-state index contributed by atoms with van der Waals surface area (Å²) < 4.78 is 1.90. The van der Waals surface area contributed by atoms with Gasteiger partial charge >= 0.3 is 0 Å². The Balaban J connectivity index is 1.16. The van der Waals surface area contributed by atoms with E-state index >= 15 is 0 Å². The highest BCUT2D eigenvalue weighted by Gasteiger charge is 2.35. The van der Waals surface area contributed by atoms with Crippen LogP contribution in [0.3, 0.4) is 0 Å². The molecule has 4 heterocycles. The van der Waals surface area contributed by atoms with Gasteiger partial charge in [-0.2, -0.15) is 0 Å². The molecule has 1 saturated carbocycles. The number of aromatic nitrogens is 5. The van der Waals surface area contributed by atoms with Gasteiger partial charge in [-0.3, -0.25) is 14.9 Å². The Labute approximate surface area is 180 Å². The van der Waals surface area contributed by atoms with E-state index in [1.165, 1.54) is 39.0 Å². The van der Waals surface area contributed by atoms with Crippen molar-refractivity contribution in [3.63, 3.8) is 0 Å². The average Bonchev–Trinajstić information content (AvgIpc) is 3.20. The average molecular weight is 415 g/mol. The quantitative estimate of drug-likeness (QED) is 0.550. The lowest BCUT2D eigenvalue weighted by Gasteiger charge is -2.46. The van der Waals surface area contributed by atoms with Gasteiger partial charge in [0, 0.05) is 62.4 Å². The summed E-state index contributed by atoms with van der Waals surface area (Å²) in [4.78, 5) is 18.4. The van der Waals surface area contributed by atoms with Gasteiger partial charge in [-0.05, 0) is 43.7 Å². The summed E-state index contributed by atoms with van der Waals surface area (Å²) in [7, 11) is 2.21. The van der Waals surface area contributed by atoms with Crippen LogP contribution in [0.15, 0.2) is 49.1 Å². The zero-order valence-electron chi connectivity index (χ0n) is 17.6. The van der Waals surface area contributed by atoms with Crippen molar-refractivity contribution in [2.75, 3.05) is 38.5 Å². The van der Waals surface area contributed by atoms with E-state index in [-0.39, 0.29) is 0 Å². The normalized spacial score (nSPS) is 22.6. The molecule has 3 aromatic heterocycles. The van der Waals surface area contributed by atoms with E-state index in [4.69, 9.17) is 5.10 Å². The van der Waals surface area contributed by atoms with Crippen LogP contribution in [0.4, 0.5) is 5.95 Å². The van der Waals surface area contributed by atoms with Gasteiger partial charge in [0.25, 0.3) is 0 Å². The van der Waals surface area contributed by atoms with Gasteiger partial charge in [0.15, 0.2) is 0 Å². The van der Waals surface area contributed by atoms with E-state index in [2.05, 4.69) is 55.3 Å².